The number of rotatable bonds is 40. The van der Waals surface area contributed by atoms with Crippen LogP contribution in [0.25, 0.3) is 0 Å². The third-order valence-corrected chi connectivity index (χ3v) is 11.5. The number of amides is 1. The van der Waals surface area contributed by atoms with Crippen molar-refractivity contribution in [1.29, 1.82) is 0 Å². The standard InChI is InChI=1S/C48H91NO8/c1-3-5-7-9-10-11-12-13-14-15-16-17-18-19-20-21-22-23-24-25-26-27-28-29-30-31-32-34-35-37-42(51)41(49-44(52)38-36-33-8-6-4-2)40-56-48-47(55)46(54)45(53)43(39-50)57-48/h30-31,35,37,41-43,45-48,50-51,53-55H,3-29,32-34,36,38-40H2,1-2H3,(H,49,52)/b31-30+,37-35+. The highest BCUT2D eigenvalue weighted by Crippen LogP contribution is 2.23. The minimum Gasteiger partial charge on any atom is -0.394 e. The minimum atomic E-state index is -1.57. The predicted octanol–water partition coefficient (Wildman–Crippen LogP) is 10.3. The van der Waals surface area contributed by atoms with Gasteiger partial charge in [0.15, 0.2) is 6.29 Å². The van der Waals surface area contributed by atoms with Gasteiger partial charge >= 0.3 is 0 Å². The van der Waals surface area contributed by atoms with E-state index >= 15 is 0 Å². The van der Waals surface area contributed by atoms with Crippen LogP contribution in [0.15, 0.2) is 24.3 Å². The van der Waals surface area contributed by atoms with Crippen LogP contribution in [0.3, 0.4) is 0 Å². The van der Waals surface area contributed by atoms with Crippen LogP contribution >= 0.6 is 0 Å². The van der Waals surface area contributed by atoms with Gasteiger partial charge < -0.3 is 40.3 Å². The molecule has 6 N–H and O–H groups in total. The molecule has 1 aliphatic rings. The van der Waals surface area contributed by atoms with E-state index in [1.165, 1.54) is 148 Å². The number of carbonyl (C=O) groups excluding carboxylic acids is 1. The first-order valence-corrected chi connectivity index (χ1v) is 24.1. The second-order valence-electron chi connectivity index (χ2n) is 16.9. The SMILES string of the molecule is CCCCCCCCCCCCCCCCCCCCCCCCC/C=C/CC/C=C/C(O)C(COC1OC(CO)C(O)C(O)C1O)NC(=O)CCCCCCC. The Morgan fingerprint density at radius 1 is 0.579 bits per heavy atom. The van der Waals surface area contributed by atoms with E-state index in [-0.39, 0.29) is 12.5 Å². The Morgan fingerprint density at radius 2 is 1.00 bits per heavy atom. The molecule has 0 aromatic heterocycles. The van der Waals surface area contributed by atoms with Crippen LogP contribution in [-0.4, -0.2) is 87.5 Å². The summed E-state index contributed by atoms with van der Waals surface area (Å²) >= 11 is 0. The van der Waals surface area contributed by atoms with Gasteiger partial charge in [0, 0.05) is 6.42 Å². The van der Waals surface area contributed by atoms with E-state index in [1.54, 1.807) is 6.08 Å². The Morgan fingerprint density at radius 3 is 1.47 bits per heavy atom. The molecule has 0 spiro atoms. The summed E-state index contributed by atoms with van der Waals surface area (Å²) in [6, 6.07) is -0.814. The zero-order chi connectivity index (χ0) is 41.6. The maximum atomic E-state index is 12.7. The molecule has 0 radical (unpaired) electrons. The summed E-state index contributed by atoms with van der Waals surface area (Å²) in [6.45, 7) is 3.67. The van der Waals surface area contributed by atoms with Crippen molar-refractivity contribution in [1.82, 2.24) is 5.32 Å². The third-order valence-electron chi connectivity index (χ3n) is 11.5. The molecular formula is C48H91NO8. The van der Waals surface area contributed by atoms with E-state index in [9.17, 15) is 30.3 Å². The monoisotopic (exact) mass is 810 g/mol. The van der Waals surface area contributed by atoms with Crippen molar-refractivity contribution >= 4 is 5.91 Å². The molecule has 0 aromatic carbocycles. The number of hydrogen-bond acceptors (Lipinski definition) is 8. The van der Waals surface area contributed by atoms with Gasteiger partial charge in [-0.05, 0) is 32.1 Å². The number of aliphatic hydroxyl groups excluding tert-OH is 5. The summed E-state index contributed by atoms with van der Waals surface area (Å²) in [4.78, 5) is 12.7. The summed E-state index contributed by atoms with van der Waals surface area (Å²) in [7, 11) is 0. The van der Waals surface area contributed by atoms with Crippen molar-refractivity contribution < 1.29 is 39.8 Å². The lowest BCUT2D eigenvalue weighted by atomic mass is 9.99. The highest BCUT2D eigenvalue weighted by molar-refractivity contribution is 5.76. The Balaban J connectivity index is 2.13. The highest BCUT2D eigenvalue weighted by Gasteiger charge is 2.44. The van der Waals surface area contributed by atoms with Gasteiger partial charge in [-0.1, -0.05) is 205 Å². The number of nitrogens with one attached hydrogen (secondary N) is 1. The van der Waals surface area contributed by atoms with Crippen LogP contribution in [0.4, 0.5) is 0 Å². The first-order valence-electron chi connectivity index (χ1n) is 24.1. The predicted molar refractivity (Wildman–Crippen MR) is 235 cm³/mol. The van der Waals surface area contributed by atoms with E-state index in [4.69, 9.17) is 9.47 Å². The summed E-state index contributed by atoms with van der Waals surface area (Å²) in [6.07, 6.45) is 40.2. The minimum absolute atomic E-state index is 0.199. The molecule has 7 unspecified atom stereocenters. The lowest BCUT2D eigenvalue weighted by molar-refractivity contribution is -0.302. The fourth-order valence-electron chi connectivity index (χ4n) is 7.64. The molecule has 0 saturated carbocycles. The van der Waals surface area contributed by atoms with E-state index in [2.05, 4.69) is 31.3 Å². The molecule has 9 heteroatoms. The zero-order valence-electron chi connectivity index (χ0n) is 36.9. The normalized spacial score (nSPS) is 21.1. The molecular weight excluding hydrogens is 719 g/mol. The maximum Gasteiger partial charge on any atom is 0.220 e. The molecule has 336 valence electrons. The van der Waals surface area contributed by atoms with Gasteiger partial charge in [0.2, 0.25) is 5.91 Å². The van der Waals surface area contributed by atoms with Crippen LogP contribution in [-0.2, 0) is 14.3 Å². The molecule has 0 bridgehead atoms. The Bertz CT molecular complexity index is 945. The van der Waals surface area contributed by atoms with Gasteiger partial charge in [0.05, 0.1) is 25.4 Å². The van der Waals surface area contributed by atoms with Crippen molar-refractivity contribution in [3.8, 4) is 0 Å². The topological polar surface area (TPSA) is 149 Å². The van der Waals surface area contributed by atoms with E-state index in [0.29, 0.717) is 6.42 Å². The lowest BCUT2D eigenvalue weighted by Gasteiger charge is -2.40. The molecule has 0 aromatic rings. The number of aliphatic hydroxyl groups is 5. The lowest BCUT2D eigenvalue weighted by Crippen LogP contribution is -2.60. The second kappa shape index (κ2) is 38.8. The largest absolute Gasteiger partial charge is 0.394 e. The van der Waals surface area contributed by atoms with Crippen LogP contribution in [0.2, 0.25) is 0 Å². The summed E-state index contributed by atoms with van der Waals surface area (Å²) in [5.74, 6) is -0.199. The van der Waals surface area contributed by atoms with Gasteiger partial charge in [-0.15, -0.1) is 0 Å². The Labute approximate surface area is 349 Å². The number of unbranched alkanes of at least 4 members (excludes halogenated alkanes) is 28. The molecule has 1 heterocycles. The average Bonchev–Trinajstić information content (AvgIpc) is 3.21. The highest BCUT2D eigenvalue weighted by atomic mass is 16.7. The zero-order valence-corrected chi connectivity index (χ0v) is 36.9. The fraction of sp³-hybridized carbons (Fsp3) is 0.896. The van der Waals surface area contributed by atoms with Crippen molar-refractivity contribution in [2.45, 2.75) is 262 Å². The van der Waals surface area contributed by atoms with Crippen molar-refractivity contribution in [3.63, 3.8) is 0 Å². The maximum absolute atomic E-state index is 12.7. The molecule has 57 heavy (non-hydrogen) atoms. The molecule has 1 aliphatic heterocycles. The fourth-order valence-corrected chi connectivity index (χ4v) is 7.64. The first kappa shape index (κ1) is 53.7. The van der Waals surface area contributed by atoms with E-state index < -0.39 is 49.5 Å². The molecule has 1 fully saturated rings. The summed E-state index contributed by atoms with van der Waals surface area (Å²) < 4.78 is 11.1. The van der Waals surface area contributed by atoms with E-state index in [0.717, 1.165) is 51.4 Å². The van der Waals surface area contributed by atoms with Crippen molar-refractivity contribution in [3.05, 3.63) is 24.3 Å². The van der Waals surface area contributed by atoms with Gasteiger partial charge in [-0.25, -0.2) is 0 Å². The molecule has 0 aliphatic carbocycles. The van der Waals surface area contributed by atoms with Gasteiger partial charge in [-0.2, -0.15) is 0 Å². The summed E-state index contributed by atoms with van der Waals surface area (Å²) in [5, 5.41) is 53.8. The first-order chi connectivity index (χ1) is 27.8. The Kier molecular flexibility index (Phi) is 36.6. The number of ether oxygens (including phenoxy) is 2. The van der Waals surface area contributed by atoms with Crippen LogP contribution in [0.1, 0.15) is 219 Å². The number of hydrogen-bond donors (Lipinski definition) is 6. The van der Waals surface area contributed by atoms with Gasteiger partial charge in [0.1, 0.15) is 24.4 Å². The van der Waals surface area contributed by atoms with Crippen LogP contribution < -0.4 is 5.32 Å². The molecule has 1 amide bonds. The Hall–Kier alpha value is -1.33. The second-order valence-corrected chi connectivity index (χ2v) is 16.9. The van der Waals surface area contributed by atoms with Gasteiger partial charge in [0.25, 0.3) is 0 Å². The van der Waals surface area contributed by atoms with Gasteiger partial charge in [-0.3, -0.25) is 4.79 Å². The van der Waals surface area contributed by atoms with Crippen LogP contribution in [0, 0.1) is 0 Å². The summed E-state index contributed by atoms with van der Waals surface area (Å²) in [5.41, 5.74) is 0. The quantitative estimate of drug-likeness (QED) is 0.0265. The number of allylic oxidation sites excluding steroid dienone is 3. The molecule has 7 atom stereocenters. The van der Waals surface area contributed by atoms with Crippen LogP contribution in [0.5, 0.6) is 0 Å². The number of carbonyl (C=O) groups is 1. The van der Waals surface area contributed by atoms with Crippen molar-refractivity contribution in [2.24, 2.45) is 0 Å². The third kappa shape index (κ3) is 29.5. The smallest absolute Gasteiger partial charge is 0.220 e. The average molecular weight is 810 g/mol. The van der Waals surface area contributed by atoms with Crippen molar-refractivity contribution in [2.75, 3.05) is 13.2 Å². The van der Waals surface area contributed by atoms with E-state index in [1.807, 2.05) is 6.08 Å². The molecule has 1 saturated heterocycles. The molecule has 1 rings (SSSR count). The molecule has 9 nitrogen and oxygen atoms in total.